The monoisotopic (exact) mass is 290 g/mol. The molecule has 0 N–H and O–H groups in total. The van der Waals surface area contributed by atoms with Crippen LogP contribution in [0.15, 0.2) is 78.9 Å². The maximum absolute atomic E-state index is 11.0. The first-order valence-corrected chi connectivity index (χ1v) is 6.90. The van der Waals surface area contributed by atoms with Crippen LogP contribution in [0.5, 0.6) is 23.0 Å². The molecule has 0 amide bonds. The molecule has 3 nitrogen and oxygen atoms in total. The van der Waals surface area contributed by atoms with Gasteiger partial charge in [0.05, 0.1) is 5.56 Å². The van der Waals surface area contributed by atoms with Crippen LogP contribution in [-0.2, 0) is 0 Å². The Balaban J connectivity index is 1.81. The summed E-state index contributed by atoms with van der Waals surface area (Å²) in [7, 11) is 0. The van der Waals surface area contributed by atoms with Crippen molar-refractivity contribution in [2.45, 2.75) is 0 Å². The Labute approximate surface area is 128 Å². The molecule has 108 valence electrons. The van der Waals surface area contributed by atoms with Crippen LogP contribution in [0, 0.1) is 0 Å². The molecule has 22 heavy (non-hydrogen) atoms. The molecular formula is C19H14O3. The van der Waals surface area contributed by atoms with Crippen molar-refractivity contribution in [1.29, 1.82) is 0 Å². The number of carbonyl (C=O) groups excluding carboxylic acids is 1. The van der Waals surface area contributed by atoms with Crippen molar-refractivity contribution in [2.75, 3.05) is 0 Å². The highest BCUT2D eigenvalue weighted by Gasteiger charge is 2.05. The maximum atomic E-state index is 11.0. The smallest absolute Gasteiger partial charge is 0.153 e. The van der Waals surface area contributed by atoms with Crippen LogP contribution in [0.1, 0.15) is 10.4 Å². The minimum absolute atomic E-state index is 0.511. The maximum Gasteiger partial charge on any atom is 0.153 e. The van der Waals surface area contributed by atoms with Crippen LogP contribution in [0.2, 0.25) is 0 Å². The molecule has 0 spiro atoms. The molecule has 0 aliphatic rings. The van der Waals surface area contributed by atoms with Crippen molar-refractivity contribution < 1.29 is 14.3 Å². The number of carbonyl (C=O) groups is 1. The highest BCUT2D eigenvalue weighted by atomic mass is 16.5. The zero-order valence-corrected chi connectivity index (χ0v) is 11.8. The van der Waals surface area contributed by atoms with E-state index in [-0.39, 0.29) is 0 Å². The van der Waals surface area contributed by atoms with Gasteiger partial charge in [-0.25, -0.2) is 0 Å². The van der Waals surface area contributed by atoms with Crippen LogP contribution in [0.25, 0.3) is 0 Å². The Bertz CT molecular complexity index is 766. The molecule has 0 radical (unpaired) electrons. The van der Waals surface area contributed by atoms with Crippen molar-refractivity contribution in [3.8, 4) is 23.0 Å². The van der Waals surface area contributed by atoms with E-state index < -0.39 is 0 Å². The minimum Gasteiger partial charge on any atom is -0.457 e. The van der Waals surface area contributed by atoms with Gasteiger partial charge >= 0.3 is 0 Å². The highest BCUT2D eigenvalue weighted by molar-refractivity contribution is 5.79. The molecule has 3 heteroatoms. The average molecular weight is 290 g/mol. The van der Waals surface area contributed by atoms with Crippen LogP contribution in [0.4, 0.5) is 0 Å². The Hall–Kier alpha value is -3.07. The summed E-state index contributed by atoms with van der Waals surface area (Å²) < 4.78 is 11.5. The normalized spacial score (nSPS) is 10.0. The largest absolute Gasteiger partial charge is 0.457 e. The van der Waals surface area contributed by atoms with E-state index in [9.17, 15) is 4.79 Å². The third-order valence-electron chi connectivity index (χ3n) is 3.06. The fraction of sp³-hybridized carbons (Fsp3) is 0. The molecule has 0 unspecified atom stereocenters. The SMILES string of the molecule is O=Cc1ccccc1Oc1cccc(Oc2ccccc2)c1. The van der Waals surface area contributed by atoms with Gasteiger partial charge in [0.2, 0.25) is 0 Å². The highest BCUT2D eigenvalue weighted by Crippen LogP contribution is 2.29. The van der Waals surface area contributed by atoms with Crippen molar-refractivity contribution >= 4 is 6.29 Å². The first-order valence-electron chi connectivity index (χ1n) is 6.90. The Kier molecular flexibility index (Phi) is 4.16. The molecule has 0 aliphatic carbocycles. The lowest BCUT2D eigenvalue weighted by Gasteiger charge is -2.10. The van der Waals surface area contributed by atoms with Gasteiger partial charge in [-0.1, -0.05) is 36.4 Å². The van der Waals surface area contributed by atoms with Gasteiger partial charge in [-0.2, -0.15) is 0 Å². The Morgan fingerprint density at radius 3 is 2.05 bits per heavy atom. The Morgan fingerprint density at radius 1 is 0.636 bits per heavy atom. The molecule has 0 saturated heterocycles. The third kappa shape index (κ3) is 3.33. The van der Waals surface area contributed by atoms with Crippen molar-refractivity contribution in [3.63, 3.8) is 0 Å². The van der Waals surface area contributed by atoms with Crippen LogP contribution >= 0.6 is 0 Å². The number of hydrogen-bond acceptors (Lipinski definition) is 3. The first-order chi connectivity index (χ1) is 10.8. The van der Waals surface area contributed by atoms with E-state index in [0.29, 0.717) is 22.8 Å². The molecule has 0 saturated carbocycles. The van der Waals surface area contributed by atoms with E-state index in [1.54, 1.807) is 24.3 Å². The van der Waals surface area contributed by atoms with Gasteiger partial charge in [-0.05, 0) is 36.4 Å². The van der Waals surface area contributed by atoms with Crippen LogP contribution < -0.4 is 9.47 Å². The number of ether oxygens (including phenoxy) is 2. The van der Waals surface area contributed by atoms with Crippen molar-refractivity contribution in [2.24, 2.45) is 0 Å². The quantitative estimate of drug-likeness (QED) is 0.614. The molecule has 0 heterocycles. The average Bonchev–Trinajstić information content (AvgIpc) is 2.57. The molecule has 0 aliphatic heterocycles. The number of para-hydroxylation sites is 2. The number of aldehydes is 1. The predicted molar refractivity (Wildman–Crippen MR) is 84.9 cm³/mol. The third-order valence-corrected chi connectivity index (χ3v) is 3.06. The number of benzene rings is 3. The zero-order valence-electron chi connectivity index (χ0n) is 11.8. The lowest BCUT2D eigenvalue weighted by molar-refractivity contribution is 0.112. The van der Waals surface area contributed by atoms with Crippen molar-refractivity contribution in [3.05, 3.63) is 84.4 Å². The van der Waals surface area contributed by atoms with Crippen molar-refractivity contribution in [1.82, 2.24) is 0 Å². The van der Waals surface area contributed by atoms with E-state index in [1.165, 1.54) is 0 Å². The summed E-state index contributed by atoms with van der Waals surface area (Å²) in [5.74, 6) is 2.57. The second-order valence-corrected chi connectivity index (χ2v) is 4.65. The fourth-order valence-corrected chi connectivity index (χ4v) is 2.02. The first kappa shape index (κ1) is 13.9. The predicted octanol–water partition coefficient (Wildman–Crippen LogP) is 5.08. The summed E-state index contributed by atoms with van der Waals surface area (Å²) in [6.45, 7) is 0. The van der Waals surface area contributed by atoms with Gasteiger partial charge in [-0.15, -0.1) is 0 Å². The van der Waals surface area contributed by atoms with Gasteiger partial charge in [-0.3, -0.25) is 4.79 Å². The molecule has 3 aromatic rings. The topological polar surface area (TPSA) is 35.5 Å². The zero-order chi connectivity index (χ0) is 15.2. The molecule has 0 atom stereocenters. The fourth-order valence-electron chi connectivity index (χ4n) is 2.02. The Morgan fingerprint density at radius 2 is 1.27 bits per heavy atom. The van der Waals surface area contributed by atoms with Crippen LogP contribution in [0.3, 0.4) is 0 Å². The van der Waals surface area contributed by atoms with E-state index in [4.69, 9.17) is 9.47 Å². The lowest BCUT2D eigenvalue weighted by atomic mass is 10.2. The summed E-state index contributed by atoms with van der Waals surface area (Å²) >= 11 is 0. The molecule has 0 bridgehead atoms. The van der Waals surface area contributed by atoms with Gasteiger partial charge in [0, 0.05) is 6.07 Å². The standard InChI is InChI=1S/C19H14O3/c20-14-15-7-4-5-12-19(15)22-18-11-6-10-17(13-18)21-16-8-2-1-3-9-16/h1-14H. The van der Waals surface area contributed by atoms with E-state index in [2.05, 4.69) is 0 Å². The molecule has 3 aromatic carbocycles. The molecule has 0 fully saturated rings. The summed E-state index contributed by atoms with van der Waals surface area (Å²) in [5.41, 5.74) is 0.511. The second-order valence-electron chi connectivity index (χ2n) is 4.65. The second kappa shape index (κ2) is 6.59. The number of hydrogen-bond donors (Lipinski definition) is 0. The van der Waals surface area contributed by atoms with Gasteiger partial charge < -0.3 is 9.47 Å². The summed E-state index contributed by atoms with van der Waals surface area (Å²) in [5, 5.41) is 0. The molecule has 3 rings (SSSR count). The summed E-state index contributed by atoms with van der Waals surface area (Å²) in [6.07, 6.45) is 0.777. The van der Waals surface area contributed by atoms with Crippen LogP contribution in [-0.4, -0.2) is 6.29 Å². The summed E-state index contributed by atoms with van der Waals surface area (Å²) in [4.78, 5) is 11.0. The minimum atomic E-state index is 0.511. The molecule has 0 aromatic heterocycles. The lowest BCUT2D eigenvalue weighted by Crippen LogP contribution is -1.90. The van der Waals surface area contributed by atoms with Gasteiger partial charge in [0.15, 0.2) is 6.29 Å². The van der Waals surface area contributed by atoms with Gasteiger partial charge in [0.25, 0.3) is 0 Å². The number of rotatable bonds is 5. The van der Waals surface area contributed by atoms with E-state index in [0.717, 1.165) is 12.0 Å². The summed E-state index contributed by atoms with van der Waals surface area (Å²) in [6, 6.07) is 23.9. The van der Waals surface area contributed by atoms with E-state index in [1.807, 2.05) is 54.6 Å². The molecular weight excluding hydrogens is 276 g/mol. The van der Waals surface area contributed by atoms with E-state index >= 15 is 0 Å². The van der Waals surface area contributed by atoms with Gasteiger partial charge in [0.1, 0.15) is 23.0 Å².